The Morgan fingerprint density at radius 2 is 1.71 bits per heavy atom. The van der Waals surface area contributed by atoms with Gasteiger partial charge < -0.3 is 10.8 Å². The zero-order valence-corrected chi connectivity index (χ0v) is 16.0. The smallest absolute Gasteiger partial charge is 0.0770 e. The maximum absolute atomic E-state index is 10.3. The lowest BCUT2D eigenvalue weighted by molar-refractivity contribution is -0.000326. The van der Waals surface area contributed by atoms with E-state index < -0.39 is 11.1 Å². The van der Waals surface area contributed by atoms with Crippen LogP contribution >= 0.6 is 0 Å². The van der Waals surface area contributed by atoms with Crippen LogP contribution in [0.2, 0.25) is 0 Å². The summed E-state index contributed by atoms with van der Waals surface area (Å²) in [4.78, 5) is 0. The third-order valence-electron chi connectivity index (χ3n) is 6.04. The normalized spacial score (nSPS) is 24.5. The second kappa shape index (κ2) is 8.49. The standard InChI is InChI=1S/C22H37NO/c1-4-5-6-7-8-9-10-18-11-13-19(14-12-18)20-15-16-22(23,17-20)21(2,3)24/h11-14,20,24H,4-10,15-17,23H2,1-3H3/t20-,22-/m1/s1. The highest BCUT2D eigenvalue weighted by molar-refractivity contribution is 5.28. The molecule has 0 aromatic heterocycles. The van der Waals surface area contributed by atoms with E-state index in [0.29, 0.717) is 5.92 Å². The van der Waals surface area contributed by atoms with E-state index in [9.17, 15) is 5.11 Å². The van der Waals surface area contributed by atoms with Crippen molar-refractivity contribution in [2.45, 2.75) is 102 Å². The van der Waals surface area contributed by atoms with E-state index in [0.717, 1.165) is 19.3 Å². The first kappa shape index (κ1) is 19.5. The molecule has 0 unspecified atom stereocenters. The molecular weight excluding hydrogens is 294 g/mol. The number of aryl methyl sites for hydroxylation is 1. The molecular formula is C22H37NO. The summed E-state index contributed by atoms with van der Waals surface area (Å²) in [6, 6.07) is 9.16. The fourth-order valence-electron chi connectivity index (χ4n) is 3.98. The summed E-state index contributed by atoms with van der Waals surface area (Å²) in [5.41, 5.74) is 8.04. The first-order valence-corrected chi connectivity index (χ1v) is 9.96. The Morgan fingerprint density at radius 3 is 2.29 bits per heavy atom. The molecule has 136 valence electrons. The molecule has 3 N–H and O–H groups in total. The van der Waals surface area contributed by atoms with Crippen LogP contribution in [0.1, 0.15) is 95.6 Å². The van der Waals surface area contributed by atoms with E-state index in [4.69, 9.17) is 5.73 Å². The third-order valence-corrected chi connectivity index (χ3v) is 6.04. The molecule has 1 aromatic carbocycles. The molecule has 1 saturated carbocycles. The van der Waals surface area contributed by atoms with Gasteiger partial charge in [0.05, 0.1) is 5.60 Å². The number of hydrogen-bond donors (Lipinski definition) is 2. The molecule has 2 nitrogen and oxygen atoms in total. The average Bonchev–Trinajstić information content (AvgIpc) is 2.95. The zero-order valence-electron chi connectivity index (χ0n) is 16.0. The van der Waals surface area contributed by atoms with Crippen LogP contribution in [0.5, 0.6) is 0 Å². The van der Waals surface area contributed by atoms with E-state index in [1.807, 2.05) is 13.8 Å². The van der Waals surface area contributed by atoms with Crippen LogP contribution < -0.4 is 5.73 Å². The van der Waals surface area contributed by atoms with Crippen LogP contribution in [0.3, 0.4) is 0 Å². The van der Waals surface area contributed by atoms with Gasteiger partial charge in [0.25, 0.3) is 0 Å². The van der Waals surface area contributed by atoms with Gasteiger partial charge >= 0.3 is 0 Å². The maximum Gasteiger partial charge on any atom is 0.0770 e. The molecule has 0 radical (unpaired) electrons. The molecule has 0 amide bonds. The first-order valence-electron chi connectivity index (χ1n) is 9.96. The summed E-state index contributed by atoms with van der Waals surface area (Å²) in [5, 5.41) is 10.3. The van der Waals surface area contributed by atoms with Crippen LogP contribution in [0, 0.1) is 0 Å². The molecule has 0 spiro atoms. The Kier molecular flexibility index (Phi) is 6.88. The predicted molar refractivity (Wildman–Crippen MR) is 103 cm³/mol. The molecule has 0 aliphatic heterocycles. The summed E-state index contributed by atoms with van der Waals surface area (Å²) < 4.78 is 0. The van der Waals surface area contributed by atoms with Crippen LogP contribution in [-0.4, -0.2) is 16.2 Å². The molecule has 1 aliphatic carbocycles. The highest BCUT2D eigenvalue weighted by atomic mass is 16.3. The number of nitrogens with two attached hydrogens (primary N) is 1. The van der Waals surface area contributed by atoms with Crippen molar-refractivity contribution in [3.05, 3.63) is 35.4 Å². The molecule has 24 heavy (non-hydrogen) atoms. The number of aliphatic hydroxyl groups is 1. The second-order valence-corrected chi connectivity index (χ2v) is 8.41. The van der Waals surface area contributed by atoms with E-state index in [1.54, 1.807) is 0 Å². The molecule has 1 aliphatic rings. The number of hydrogen-bond acceptors (Lipinski definition) is 2. The van der Waals surface area contributed by atoms with Crippen molar-refractivity contribution in [1.29, 1.82) is 0 Å². The Morgan fingerprint density at radius 1 is 1.08 bits per heavy atom. The highest BCUT2D eigenvalue weighted by Gasteiger charge is 2.46. The van der Waals surface area contributed by atoms with Crippen LogP contribution in [0.15, 0.2) is 24.3 Å². The summed E-state index contributed by atoms with van der Waals surface area (Å²) in [6.07, 6.45) is 12.2. The zero-order chi connectivity index (χ0) is 17.6. The number of benzene rings is 1. The van der Waals surface area contributed by atoms with Crippen molar-refractivity contribution in [3.8, 4) is 0 Å². The summed E-state index contributed by atoms with van der Waals surface area (Å²) in [6.45, 7) is 5.96. The Labute approximate surface area is 148 Å². The summed E-state index contributed by atoms with van der Waals surface area (Å²) >= 11 is 0. The molecule has 0 bridgehead atoms. The fourth-order valence-corrected chi connectivity index (χ4v) is 3.98. The van der Waals surface area contributed by atoms with Gasteiger partial charge in [-0.25, -0.2) is 0 Å². The van der Waals surface area contributed by atoms with Gasteiger partial charge in [0, 0.05) is 5.54 Å². The third kappa shape index (κ3) is 5.07. The van der Waals surface area contributed by atoms with Crippen LogP contribution in [0.25, 0.3) is 0 Å². The van der Waals surface area contributed by atoms with Gasteiger partial charge in [0.2, 0.25) is 0 Å². The topological polar surface area (TPSA) is 46.2 Å². The fraction of sp³-hybridized carbons (Fsp3) is 0.727. The Hall–Kier alpha value is -0.860. The number of rotatable bonds is 9. The van der Waals surface area contributed by atoms with E-state index in [2.05, 4.69) is 31.2 Å². The molecule has 1 aromatic rings. The van der Waals surface area contributed by atoms with E-state index in [-0.39, 0.29) is 0 Å². The van der Waals surface area contributed by atoms with Gasteiger partial charge in [-0.05, 0) is 63.0 Å². The average molecular weight is 332 g/mol. The molecule has 0 saturated heterocycles. The van der Waals surface area contributed by atoms with E-state index in [1.165, 1.54) is 56.1 Å². The van der Waals surface area contributed by atoms with Gasteiger partial charge in [0.1, 0.15) is 0 Å². The predicted octanol–water partition coefficient (Wildman–Crippen LogP) is 5.33. The van der Waals surface area contributed by atoms with Gasteiger partial charge in [-0.1, -0.05) is 63.3 Å². The molecule has 1 fully saturated rings. The largest absolute Gasteiger partial charge is 0.389 e. The number of unbranched alkanes of at least 4 members (excludes halogenated alkanes) is 5. The summed E-state index contributed by atoms with van der Waals surface area (Å²) in [7, 11) is 0. The van der Waals surface area contributed by atoms with E-state index >= 15 is 0 Å². The van der Waals surface area contributed by atoms with Gasteiger partial charge in [0.15, 0.2) is 0 Å². The monoisotopic (exact) mass is 331 g/mol. The molecule has 0 heterocycles. The van der Waals surface area contributed by atoms with Crippen molar-refractivity contribution in [1.82, 2.24) is 0 Å². The minimum absolute atomic E-state index is 0.450. The minimum atomic E-state index is -0.806. The lowest BCUT2D eigenvalue weighted by Gasteiger charge is -2.37. The quantitative estimate of drug-likeness (QED) is 0.601. The molecule has 2 heteroatoms. The van der Waals surface area contributed by atoms with Crippen LogP contribution in [-0.2, 0) is 6.42 Å². The van der Waals surface area contributed by atoms with Crippen molar-refractivity contribution < 1.29 is 5.11 Å². The van der Waals surface area contributed by atoms with Gasteiger partial charge in [-0.2, -0.15) is 0 Å². The lowest BCUT2D eigenvalue weighted by atomic mass is 9.80. The minimum Gasteiger partial charge on any atom is -0.389 e. The second-order valence-electron chi connectivity index (χ2n) is 8.41. The lowest BCUT2D eigenvalue weighted by Crippen LogP contribution is -2.55. The Balaban J connectivity index is 1.80. The maximum atomic E-state index is 10.3. The molecule has 2 atom stereocenters. The SMILES string of the molecule is CCCCCCCCc1ccc([C@@H]2CC[C@](N)(C(C)(C)O)C2)cc1. The first-order chi connectivity index (χ1) is 11.4. The van der Waals surface area contributed by atoms with Crippen molar-refractivity contribution in [2.24, 2.45) is 5.73 Å². The van der Waals surface area contributed by atoms with Crippen molar-refractivity contribution in [2.75, 3.05) is 0 Å². The molecule has 2 rings (SSSR count). The Bertz CT molecular complexity index is 488. The van der Waals surface area contributed by atoms with Gasteiger partial charge in [-0.3, -0.25) is 0 Å². The van der Waals surface area contributed by atoms with Gasteiger partial charge in [-0.15, -0.1) is 0 Å². The highest BCUT2D eigenvalue weighted by Crippen LogP contribution is 2.44. The van der Waals surface area contributed by atoms with Crippen molar-refractivity contribution >= 4 is 0 Å². The van der Waals surface area contributed by atoms with Crippen molar-refractivity contribution in [3.63, 3.8) is 0 Å². The van der Waals surface area contributed by atoms with Crippen LogP contribution in [0.4, 0.5) is 0 Å². The summed E-state index contributed by atoms with van der Waals surface area (Å²) in [5.74, 6) is 0.490.